The molecule has 6 rings (SSSR count). The van der Waals surface area contributed by atoms with Gasteiger partial charge in [-0.05, 0) is 100.0 Å². The number of hydrogen-bond donors (Lipinski definition) is 4. The van der Waals surface area contributed by atoms with Crippen LogP contribution in [0.25, 0.3) is 0 Å². The summed E-state index contributed by atoms with van der Waals surface area (Å²) in [5, 5.41) is 27.8. The summed E-state index contributed by atoms with van der Waals surface area (Å²) >= 11 is 0. The van der Waals surface area contributed by atoms with Crippen molar-refractivity contribution in [1.29, 1.82) is 0 Å². The molecule has 4 fully saturated rings. The van der Waals surface area contributed by atoms with Crippen molar-refractivity contribution in [2.75, 3.05) is 12.0 Å². The Labute approximate surface area is 215 Å². The van der Waals surface area contributed by atoms with E-state index < -0.39 is 30.2 Å². The molecule has 4 saturated carbocycles. The zero-order valence-electron chi connectivity index (χ0n) is 21.5. The van der Waals surface area contributed by atoms with Crippen LogP contribution in [0.4, 0.5) is 14.5 Å². The number of aliphatic hydroxyl groups is 2. The Morgan fingerprint density at radius 1 is 1.16 bits per heavy atom. The van der Waals surface area contributed by atoms with Gasteiger partial charge in [0, 0.05) is 17.4 Å². The van der Waals surface area contributed by atoms with Gasteiger partial charge in [0.25, 0.3) is 11.8 Å². The van der Waals surface area contributed by atoms with Gasteiger partial charge in [0.05, 0.1) is 23.4 Å². The van der Waals surface area contributed by atoms with Crippen molar-refractivity contribution in [3.63, 3.8) is 0 Å². The molecule has 2 aromatic rings. The van der Waals surface area contributed by atoms with Gasteiger partial charge in [0.1, 0.15) is 12.5 Å². The lowest BCUT2D eigenvalue weighted by molar-refractivity contribution is -0.150. The highest BCUT2D eigenvalue weighted by molar-refractivity contribution is 6.06. The maximum absolute atomic E-state index is 13.6. The Bertz CT molecular complexity index is 1230. The van der Waals surface area contributed by atoms with Crippen LogP contribution >= 0.6 is 0 Å². The van der Waals surface area contributed by atoms with E-state index in [1.807, 2.05) is 0 Å². The molecule has 4 N–H and O–H groups in total. The summed E-state index contributed by atoms with van der Waals surface area (Å²) in [5.74, 6) is -0.614. The second-order valence-corrected chi connectivity index (χ2v) is 11.4. The maximum Gasteiger partial charge on any atom is 0.257 e. The highest BCUT2D eigenvalue weighted by Crippen LogP contribution is 2.55. The lowest BCUT2D eigenvalue weighted by Gasteiger charge is -2.58. The average Bonchev–Trinajstić information content (AvgIpc) is 3.06. The smallest absolute Gasteiger partial charge is 0.257 e. The van der Waals surface area contributed by atoms with Crippen LogP contribution in [0, 0.1) is 44.3 Å². The Hall–Kier alpha value is -2.78. The number of carbonyl (C=O) groups is 2. The van der Waals surface area contributed by atoms with Crippen LogP contribution in [-0.2, 0) is 11.3 Å². The number of aromatic nitrogens is 1. The van der Waals surface area contributed by atoms with Gasteiger partial charge in [-0.25, -0.2) is 8.78 Å². The average molecular weight is 516 g/mol. The third-order valence-electron chi connectivity index (χ3n) is 8.82. The third kappa shape index (κ3) is 4.56. The Morgan fingerprint density at radius 2 is 1.84 bits per heavy atom. The molecule has 4 bridgehead atoms. The zero-order valence-corrected chi connectivity index (χ0v) is 21.5. The molecule has 1 aromatic carbocycles. The Balaban J connectivity index is 1.39. The molecule has 1 aromatic heterocycles. The number of rotatable bonds is 7. The van der Waals surface area contributed by atoms with Crippen molar-refractivity contribution in [1.82, 2.24) is 9.88 Å². The van der Waals surface area contributed by atoms with Crippen molar-refractivity contribution < 1.29 is 28.6 Å². The molecule has 0 radical (unpaired) electrons. The first-order chi connectivity index (χ1) is 17.5. The number of hydrogen-bond acceptors (Lipinski definition) is 4. The van der Waals surface area contributed by atoms with Crippen molar-refractivity contribution >= 4 is 17.5 Å². The standard InChI is InChI=1S/C28H35F2N3O4/c1-14-8-20(4-5-21(14)30)31-26(35)22-15(2)24(33(7-6-29)16(22)3)25(34)27(36)32-23-18-9-17-10-19(23)13-28(37,11-17)12-18/h4-5,8,17-19,23,25,34,37H,6-7,9-13H2,1-3H3,(H,31,35)(H,32,36)/t17?,18?,19?,23-,25?,28-. The summed E-state index contributed by atoms with van der Waals surface area (Å²) in [7, 11) is 0. The van der Waals surface area contributed by atoms with E-state index in [0.29, 0.717) is 41.3 Å². The molecule has 3 unspecified atom stereocenters. The highest BCUT2D eigenvalue weighted by Gasteiger charge is 2.55. The summed E-state index contributed by atoms with van der Waals surface area (Å²) in [6, 6.07) is 4.12. The maximum atomic E-state index is 13.6. The van der Waals surface area contributed by atoms with Crippen molar-refractivity contribution in [3.8, 4) is 0 Å². The number of carbonyl (C=O) groups excluding carboxylic acids is 2. The molecule has 3 atom stereocenters. The zero-order chi connectivity index (χ0) is 26.6. The minimum atomic E-state index is -1.58. The highest BCUT2D eigenvalue weighted by atomic mass is 19.1. The molecule has 1 heterocycles. The van der Waals surface area contributed by atoms with E-state index in [4.69, 9.17) is 0 Å². The SMILES string of the molecule is Cc1cc(NC(=O)c2c(C)c(C(O)C(=O)N[C@H]3C4CC5CC3C[C@](O)(C5)C4)n(CCF)c2C)ccc1F. The minimum absolute atomic E-state index is 0.112. The normalized spacial score (nSPS) is 28.8. The van der Waals surface area contributed by atoms with E-state index in [1.165, 1.54) is 22.8 Å². The fraction of sp³-hybridized carbons (Fsp3) is 0.571. The lowest BCUT2D eigenvalue weighted by atomic mass is 9.52. The molecule has 4 aliphatic rings. The van der Waals surface area contributed by atoms with Gasteiger partial charge in [-0.2, -0.15) is 0 Å². The number of nitrogens with one attached hydrogen (secondary N) is 2. The molecule has 7 nitrogen and oxygen atoms in total. The van der Waals surface area contributed by atoms with Gasteiger partial charge in [0.2, 0.25) is 0 Å². The number of anilines is 1. The molecular formula is C28H35F2N3O4. The second kappa shape index (κ2) is 9.51. The molecular weight excluding hydrogens is 480 g/mol. The molecule has 4 aliphatic carbocycles. The number of aliphatic hydroxyl groups excluding tert-OH is 1. The summed E-state index contributed by atoms with van der Waals surface area (Å²) in [6.07, 6.45) is 2.49. The summed E-state index contributed by atoms with van der Waals surface area (Å²) in [6.45, 7) is 4.03. The van der Waals surface area contributed by atoms with Crippen LogP contribution in [0.1, 0.15) is 71.1 Å². The van der Waals surface area contributed by atoms with E-state index in [9.17, 15) is 28.6 Å². The van der Waals surface area contributed by atoms with Gasteiger partial charge < -0.3 is 25.4 Å². The van der Waals surface area contributed by atoms with E-state index >= 15 is 0 Å². The van der Waals surface area contributed by atoms with Gasteiger partial charge in [-0.3, -0.25) is 9.59 Å². The van der Waals surface area contributed by atoms with Crippen molar-refractivity contribution in [3.05, 3.63) is 52.1 Å². The molecule has 0 spiro atoms. The van der Waals surface area contributed by atoms with E-state index in [0.717, 1.165) is 19.3 Å². The molecule has 0 saturated heterocycles. The van der Waals surface area contributed by atoms with Gasteiger partial charge in [0.15, 0.2) is 6.10 Å². The van der Waals surface area contributed by atoms with E-state index in [-0.39, 0.29) is 41.5 Å². The van der Waals surface area contributed by atoms with Crippen molar-refractivity contribution in [2.24, 2.45) is 17.8 Å². The van der Waals surface area contributed by atoms with Gasteiger partial charge in [-0.1, -0.05) is 0 Å². The molecule has 9 heteroatoms. The second-order valence-electron chi connectivity index (χ2n) is 11.4. The van der Waals surface area contributed by atoms with E-state index in [2.05, 4.69) is 10.6 Å². The number of amides is 2. The number of benzene rings is 1. The quantitative estimate of drug-likeness (QED) is 0.450. The van der Waals surface area contributed by atoms with Crippen LogP contribution < -0.4 is 10.6 Å². The van der Waals surface area contributed by atoms with Gasteiger partial charge >= 0.3 is 0 Å². The number of halogens is 2. The fourth-order valence-electron chi connectivity index (χ4n) is 7.48. The van der Waals surface area contributed by atoms with Gasteiger partial charge in [-0.15, -0.1) is 0 Å². The first-order valence-corrected chi connectivity index (χ1v) is 13.0. The summed E-state index contributed by atoms with van der Waals surface area (Å²) in [5.41, 5.74) is 1.42. The third-order valence-corrected chi connectivity index (χ3v) is 8.82. The molecule has 2 amide bonds. The topological polar surface area (TPSA) is 104 Å². The molecule has 0 aliphatic heterocycles. The fourth-order valence-corrected chi connectivity index (χ4v) is 7.48. The summed E-state index contributed by atoms with van der Waals surface area (Å²) < 4.78 is 28.7. The monoisotopic (exact) mass is 515 g/mol. The van der Waals surface area contributed by atoms with Crippen LogP contribution in [0.5, 0.6) is 0 Å². The predicted molar refractivity (Wildman–Crippen MR) is 134 cm³/mol. The number of alkyl halides is 1. The Morgan fingerprint density at radius 3 is 2.43 bits per heavy atom. The largest absolute Gasteiger partial charge is 0.390 e. The summed E-state index contributed by atoms with van der Waals surface area (Å²) in [4.78, 5) is 26.5. The van der Waals surface area contributed by atoms with Crippen LogP contribution in [-0.4, -0.2) is 44.9 Å². The predicted octanol–water partition coefficient (Wildman–Crippen LogP) is 3.86. The molecule has 200 valence electrons. The Kier molecular flexibility index (Phi) is 6.64. The minimum Gasteiger partial charge on any atom is -0.390 e. The van der Waals surface area contributed by atoms with E-state index in [1.54, 1.807) is 20.8 Å². The number of nitrogens with zero attached hydrogens (tertiary/aromatic N) is 1. The number of aryl methyl sites for hydroxylation is 1. The van der Waals surface area contributed by atoms with Crippen LogP contribution in [0.3, 0.4) is 0 Å². The van der Waals surface area contributed by atoms with Crippen LogP contribution in [0.15, 0.2) is 18.2 Å². The lowest BCUT2D eigenvalue weighted by Crippen LogP contribution is -2.62. The van der Waals surface area contributed by atoms with Crippen LogP contribution in [0.2, 0.25) is 0 Å². The first-order valence-electron chi connectivity index (χ1n) is 13.0. The molecule has 37 heavy (non-hydrogen) atoms. The van der Waals surface area contributed by atoms with Crippen molar-refractivity contribution in [2.45, 2.75) is 77.2 Å². The first kappa shape index (κ1) is 25.9.